The van der Waals surface area contributed by atoms with Gasteiger partial charge < -0.3 is 15.7 Å². The Labute approximate surface area is 142 Å². The van der Waals surface area contributed by atoms with Crippen LogP contribution >= 0.6 is 12.2 Å². The van der Waals surface area contributed by atoms with E-state index in [-0.39, 0.29) is 16.5 Å². The number of rotatable bonds is 3. The van der Waals surface area contributed by atoms with Crippen LogP contribution in [0.2, 0.25) is 0 Å². The molecule has 7 heteroatoms. The molecular formula is C17H13N3O3S. The van der Waals surface area contributed by atoms with E-state index in [9.17, 15) is 15.2 Å². The molecule has 3 rings (SSSR count). The van der Waals surface area contributed by atoms with Gasteiger partial charge in [0.25, 0.3) is 5.69 Å². The predicted molar refractivity (Wildman–Crippen MR) is 98.6 cm³/mol. The summed E-state index contributed by atoms with van der Waals surface area (Å²) in [6.07, 6.45) is 0. The van der Waals surface area contributed by atoms with Crippen LogP contribution in [-0.4, -0.2) is 15.1 Å². The summed E-state index contributed by atoms with van der Waals surface area (Å²) in [5.41, 5.74) is 0.901. The summed E-state index contributed by atoms with van der Waals surface area (Å²) in [7, 11) is 0. The molecule has 0 aliphatic heterocycles. The van der Waals surface area contributed by atoms with E-state index in [1.165, 1.54) is 12.1 Å². The van der Waals surface area contributed by atoms with Crippen LogP contribution in [0.1, 0.15) is 0 Å². The maximum absolute atomic E-state index is 10.7. The van der Waals surface area contributed by atoms with Crippen molar-refractivity contribution in [3.63, 3.8) is 0 Å². The van der Waals surface area contributed by atoms with E-state index >= 15 is 0 Å². The van der Waals surface area contributed by atoms with E-state index in [1.807, 2.05) is 42.5 Å². The molecule has 3 aromatic carbocycles. The summed E-state index contributed by atoms with van der Waals surface area (Å²) in [5, 5.41) is 28.8. The fraction of sp³-hybridized carbons (Fsp3) is 0. The van der Waals surface area contributed by atoms with Crippen molar-refractivity contribution < 1.29 is 10.0 Å². The van der Waals surface area contributed by atoms with Crippen LogP contribution < -0.4 is 10.6 Å². The molecule has 0 radical (unpaired) electrons. The zero-order valence-corrected chi connectivity index (χ0v) is 13.2. The molecule has 0 fully saturated rings. The number of phenolic OH excluding ortho intramolecular Hbond substituents is 1. The summed E-state index contributed by atoms with van der Waals surface area (Å²) in [6, 6.07) is 17.5. The van der Waals surface area contributed by atoms with Gasteiger partial charge in [0.15, 0.2) is 5.11 Å². The number of hydrogen-bond acceptors (Lipinski definition) is 4. The summed E-state index contributed by atoms with van der Waals surface area (Å²) in [5.74, 6) is -0.244. The Bertz CT molecular complexity index is 943. The van der Waals surface area contributed by atoms with Gasteiger partial charge in [-0.05, 0) is 41.2 Å². The first kappa shape index (κ1) is 15.7. The van der Waals surface area contributed by atoms with Crippen molar-refractivity contribution in [3.8, 4) is 5.75 Å². The topological polar surface area (TPSA) is 87.4 Å². The lowest BCUT2D eigenvalue weighted by molar-refractivity contribution is -0.384. The number of nitrogens with one attached hydrogen (secondary N) is 2. The number of phenols is 1. The number of anilines is 2. The normalized spacial score (nSPS) is 10.3. The van der Waals surface area contributed by atoms with Gasteiger partial charge in [-0.2, -0.15) is 0 Å². The van der Waals surface area contributed by atoms with Crippen LogP contribution in [-0.2, 0) is 0 Å². The SMILES string of the molecule is O=[N+]([O-])c1ccc(NC(=S)Nc2ccc3ccccc3c2)c(O)c1. The minimum absolute atomic E-state index is 0.188. The van der Waals surface area contributed by atoms with E-state index < -0.39 is 4.92 Å². The molecule has 120 valence electrons. The highest BCUT2D eigenvalue weighted by Gasteiger charge is 2.11. The molecule has 24 heavy (non-hydrogen) atoms. The number of thiocarbonyl (C=S) groups is 1. The van der Waals surface area contributed by atoms with Crippen molar-refractivity contribution in [1.29, 1.82) is 0 Å². The fourth-order valence-electron chi connectivity index (χ4n) is 2.29. The number of aromatic hydroxyl groups is 1. The molecule has 0 aliphatic rings. The van der Waals surface area contributed by atoms with Crippen molar-refractivity contribution >= 4 is 45.2 Å². The van der Waals surface area contributed by atoms with E-state index in [1.54, 1.807) is 0 Å². The average Bonchev–Trinajstić information content (AvgIpc) is 2.56. The highest BCUT2D eigenvalue weighted by atomic mass is 32.1. The third-order valence-electron chi connectivity index (χ3n) is 3.45. The first-order valence-corrected chi connectivity index (χ1v) is 7.48. The van der Waals surface area contributed by atoms with Crippen molar-refractivity contribution in [3.05, 3.63) is 70.8 Å². The van der Waals surface area contributed by atoms with Gasteiger partial charge in [-0.3, -0.25) is 10.1 Å². The Morgan fingerprint density at radius 2 is 1.75 bits per heavy atom. The van der Waals surface area contributed by atoms with Gasteiger partial charge in [-0.15, -0.1) is 0 Å². The maximum atomic E-state index is 10.7. The molecule has 3 aromatic rings. The number of fused-ring (bicyclic) bond motifs is 1. The molecular weight excluding hydrogens is 326 g/mol. The first-order chi connectivity index (χ1) is 11.5. The Hall–Kier alpha value is -3.19. The number of nitrogens with zero attached hydrogens (tertiary/aromatic N) is 1. The lowest BCUT2D eigenvalue weighted by Crippen LogP contribution is -2.19. The fourth-order valence-corrected chi connectivity index (χ4v) is 2.52. The minimum atomic E-state index is -0.574. The number of non-ortho nitro benzene ring substituents is 1. The van der Waals surface area contributed by atoms with Gasteiger partial charge in [0, 0.05) is 11.8 Å². The molecule has 6 nitrogen and oxygen atoms in total. The third kappa shape index (κ3) is 3.41. The highest BCUT2D eigenvalue weighted by molar-refractivity contribution is 7.80. The molecule has 0 unspecified atom stereocenters. The summed E-state index contributed by atoms with van der Waals surface area (Å²) in [6.45, 7) is 0. The zero-order valence-electron chi connectivity index (χ0n) is 12.4. The lowest BCUT2D eigenvalue weighted by Gasteiger charge is -2.12. The quantitative estimate of drug-likeness (QED) is 0.286. The third-order valence-corrected chi connectivity index (χ3v) is 3.65. The van der Waals surface area contributed by atoms with Crippen LogP contribution in [0.4, 0.5) is 17.1 Å². The molecule has 0 amide bonds. The second kappa shape index (κ2) is 6.51. The summed E-state index contributed by atoms with van der Waals surface area (Å²) >= 11 is 5.22. The number of benzene rings is 3. The number of nitro benzene ring substituents is 1. The standard InChI is InChI=1S/C17H13N3O3S/c21-16-10-14(20(22)23)7-8-15(16)19-17(24)18-13-6-5-11-3-1-2-4-12(11)9-13/h1-10,21H,(H2,18,19,24). The molecule has 0 bridgehead atoms. The van der Waals surface area contributed by atoms with Crippen molar-refractivity contribution in [2.45, 2.75) is 0 Å². The largest absolute Gasteiger partial charge is 0.506 e. The second-order valence-corrected chi connectivity index (χ2v) is 5.51. The Morgan fingerprint density at radius 1 is 1.00 bits per heavy atom. The summed E-state index contributed by atoms with van der Waals surface area (Å²) < 4.78 is 0. The van der Waals surface area contributed by atoms with Crippen LogP contribution in [0.3, 0.4) is 0 Å². The highest BCUT2D eigenvalue weighted by Crippen LogP contribution is 2.28. The van der Waals surface area contributed by atoms with Crippen LogP contribution in [0.5, 0.6) is 5.75 Å². The van der Waals surface area contributed by atoms with Crippen molar-refractivity contribution in [2.75, 3.05) is 10.6 Å². The molecule has 0 spiro atoms. The Morgan fingerprint density at radius 3 is 2.46 bits per heavy atom. The average molecular weight is 339 g/mol. The van der Waals surface area contributed by atoms with E-state index in [2.05, 4.69) is 10.6 Å². The Kier molecular flexibility index (Phi) is 4.26. The molecule has 3 N–H and O–H groups in total. The monoisotopic (exact) mass is 339 g/mol. The molecule has 0 aliphatic carbocycles. The summed E-state index contributed by atoms with van der Waals surface area (Å²) in [4.78, 5) is 10.1. The van der Waals surface area contributed by atoms with E-state index in [4.69, 9.17) is 12.2 Å². The molecule has 0 saturated heterocycles. The van der Waals surface area contributed by atoms with Crippen LogP contribution in [0.25, 0.3) is 10.8 Å². The molecule has 0 atom stereocenters. The first-order valence-electron chi connectivity index (χ1n) is 7.07. The zero-order chi connectivity index (χ0) is 17.1. The van der Waals surface area contributed by atoms with E-state index in [0.29, 0.717) is 5.69 Å². The molecule has 0 saturated carbocycles. The van der Waals surface area contributed by atoms with Gasteiger partial charge in [0.1, 0.15) is 5.75 Å². The Balaban J connectivity index is 1.74. The lowest BCUT2D eigenvalue weighted by atomic mass is 10.1. The molecule has 0 heterocycles. The van der Waals surface area contributed by atoms with Crippen molar-refractivity contribution in [2.24, 2.45) is 0 Å². The van der Waals surface area contributed by atoms with E-state index in [0.717, 1.165) is 22.5 Å². The smallest absolute Gasteiger partial charge is 0.273 e. The minimum Gasteiger partial charge on any atom is -0.506 e. The van der Waals surface area contributed by atoms with Gasteiger partial charge in [-0.1, -0.05) is 30.3 Å². The van der Waals surface area contributed by atoms with Gasteiger partial charge in [0.05, 0.1) is 16.7 Å². The van der Waals surface area contributed by atoms with Gasteiger partial charge in [-0.25, -0.2) is 0 Å². The van der Waals surface area contributed by atoms with Gasteiger partial charge in [0.2, 0.25) is 0 Å². The van der Waals surface area contributed by atoms with Crippen molar-refractivity contribution in [1.82, 2.24) is 0 Å². The maximum Gasteiger partial charge on any atom is 0.273 e. The van der Waals surface area contributed by atoms with Crippen LogP contribution in [0.15, 0.2) is 60.7 Å². The second-order valence-electron chi connectivity index (χ2n) is 5.10. The number of hydrogen-bond donors (Lipinski definition) is 3. The predicted octanol–water partition coefficient (Wildman–Crippen LogP) is 4.26. The van der Waals surface area contributed by atoms with Gasteiger partial charge >= 0.3 is 0 Å². The number of nitro groups is 1. The van der Waals surface area contributed by atoms with Crippen LogP contribution in [0, 0.1) is 10.1 Å². The molecule has 0 aromatic heterocycles.